The molecular weight excluding hydrogens is 160 g/mol. The second-order valence-corrected chi connectivity index (χ2v) is 3.66. The smallest absolute Gasteiger partial charge is 0.0400 e. The highest BCUT2D eigenvalue weighted by Crippen LogP contribution is 2.27. The summed E-state index contributed by atoms with van der Waals surface area (Å²) in [5.41, 5.74) is 9.77. The van der Waals surface area contributed by atoms with Gasteiger partial charge in [-0.3, -0.25) is 0 Å². The van der Waals surface area contributed by atoms with Crippen LogP contribution in [0.15, 0.2) is 18.2 Å². The molecule has 0 saturated heterocycles. The van der Waals surface area contributed by atoms with Crippen molar-refractivity contribution in [3.05, 3.63) is 29.3 Å². The van der Waals surface area contributed by atoms with Crippen molar-refractivity contribution in [2.75, 3.05) is 24.5 Å². The topological polar surface area (TPSA) is 29.3 Å². The quantitative estimate of drug-likeness (QED) is 0.736. The Morgan fingerprint density at radius 1 is 1.46 bits per heavy atom. The van der Waals surface area contributed by atoms with Gasteiger partial charge in [-0.2, -0.15) is 0 Å². The summed E-state index contributed by atoms with van der Waals surface area (Å²) < 4.78 is 0. The van der Waals surface area contributed by atoms with E-state index in [9.17, 15) is 0 Å². The number of nitrogens with two attached hydrogens (primary N) is 1. The summed E-state index contributed by atoms with van der Waals surface area (Å²) in [5.74, 6) is 0. The molecule has 70 valence electrons. The van der Waals surface area contributed by atoms with Gasteiger partial charge in [0, 0.05) is 25.3 Å². The lowest BCUT2D eigenvalue weighted by Crippen LogP contribution is -2.27. The van der Waals surface area contributed by atoms with E-state index < -0.39 is 0 Å². The highest BCUT2D eigenvalue weighted by atomic mass is 15.1. The van der Waals surface area contributed by atoms with Crippen LogP contribution in [-0.2, 0) is 6.42 Å². The van der Waals surface area contributed by atoms with Gasteiger partial charge in [-0.25, -0.2) is 0 Å². The van der Waals surface area contributed by atoms with E-state index in [2.05, 4.69) is 30.0 Å². The molecule has 1 heterocycles. The largest absolute Gasteiger partial charge is 0.370 e. The number of rotatable bonds is 2. The predicted molar refractivity (Wildman–Crippen MR) is 56.2 cm³/mol. The van der Waals surface area contributed by atoms with Gasteiger partial charge >= 0.3 is 0 Å². The molecule has 0 atom stereocenters. The summed E-state index contributed by atoms with van der Waals surface area (Å²) in [6, 6.07) is 6.67. The Morgan fingerprint density at radius 3 is 3.08 bits per heavy atom. The van der Waals surface area contributed by atoms with Crippen LogP contribution in [-0.4, -0.2) is 19.6 Å². The first kappa shape index (κ1) is 8.57. The number of anilines is 1. The molecule has 0 fully saturated rings. The van der Waals surface area contributed by atoms with Gasteiger partial charge in [-0.05, 0) is 25.0 Å². The average molecular weight is 176 g/mol. The van der Waals surface area contributed by atoms with E-state index in [4.69, 9.17) is 5.73 Å². The number of hydrogen-bond donors (Lipinski definition) is 1. The lowest BCUT2D eigenvalue weighted by molar-refractivity contribution is 0.821. The van der Waals surface area contributed by atoms with Crippen molar-refractivity contribution in [1.29, 1.82) is 0 Å². The molecule has 0 aromatic heterocycles. The minimum Gasteiger partial charge on any atom is -0.370 e. The summed E-state index contributed by atoms with van der Waals surface area (Å²) in [6.07, 6.45) is 1.18. The van der Waals surface area contributed by atoms with E-state index in [-0.39, 0.29) is 0 Å². The molecule has 0 amide bonds. The molecule has 0 spiro atoms. The molecule has 0 aliphatic carbocycles. The van der Waals surface area contributed by atoms with Crippen molar-refractivity contribution in [3.8, 4) is 0 Å². The van der Waals surface area contributed by atoms with Gasteiger partial charge in [0.2, 0.25) is 0 Å². The molecule has 2 nitrogen and oxygen atoms in total. The van der Waals surface area contributed by atoms with Crippen LogP contribution in [0.25, 0.3) is 0 Å². The van der Waals surface area contributed by atoms with Gasteiger partial charge in [0.1, 0.15) is 0 Å². The zero-order valence-corrected chi connectivity index (χ0v) is 8.09. The molecule has 13 heavy (non-hydrogen) atoms. The fraction of sp³-hybridized carbons (Fsp3) is 0.455. The Bertz CT molecular complexity index is 307. The van der Waals surface area contributed by atoms with E-state index in [1.165, 1.54) is 23.2 Å². The monoisotopic (exact) mass is 176 g/mol. The second-order valence-electron chi connectivity index (χ2n) is 3.66. The van der Waals surface area contributed by atoms with Crippen molar-refractivity contribution in [2.45, 2.75) is 13.3 Å². The molecule has 1 aromatic carbocycles. The summed E-state index contributed by atoms with van der Waals surface area (Å²) in [6.45, 7) is 5.01. The molecule has 2 heteroatoms. The molecule has 0 radical (unpaired) electrons. The predicted octanol–water partition coefficient (Wildman–Crippen LogP) is 1.32. The number of nitrogens with zero attached hydrogens (tertiary/aromatic N) is 1. The minimum absolute atomic E-state index is 0.743. The van der Waals surface area contributed by atoms with Gasteiger partial charge in [0.15, 0.2) is 0 Å². The van der Waals surface area contributed by atoms with Crippen molar-refractivity contribution in [3.63, 3.8) is 0 Å². The maximum atomic E-state index is 5.55. The zero-order chi connectivity index (χ0) is 9.26. The van der Waals surface area contributed by atoms with Crippen LogP contribution in [0.4, 0.5) is 5.69 Å². The fourth-order valence-corrected chi connectivity index (χ4v) is 1.99. The molecule has 1 aliphatic rings. The molecule has 0 bridgehead atoms. The van der Waals surface area contributed by atoms with Gasteiger partial charge in [0.25, 0.3) is 0 Å². The van der Waals surface area contributed by atoms with Crippen LogP contribution in [0.2, 0.25) is 0 Å². The van der Waals surface area contributed by atoms with E-state index in [0.717, 1.165) is 19.6 Å². The van der Waals surface area contributed by atoms with Crippen LogP contribution in [0, 0.1) is 6.92 Å². The number of benzene rings is 1. The Balaban J connectivity index is 2.27. The van der Waals surface area contributed by atoms with Crippen LogP contribution in [0.3, 0.4) is 0 Å². The Kier molecular flexibility index (Phi) is 2.23. The zero-order valence-electron chi connectivity index (χ0n) is 8.09. The highest BCUT2D eigenvalue weighted by molar-refractivity contribution is 5.58. The number of hydrogen-bond acceptors (Lipinski definition) is 2. The first-order valence-corrected chi connectivity index (χ1v) is 4.86. The second kappa shape index (κ2) is 3.38. The van der Waals surface area contributed by atoms with Crippen molar-refractivity contribution in [2.24, 2.45) is 5.73 Å². The highest BCUT2D eigenvalue weighted by Gasteiger charge is 2.17. The van der Waals surface area contributed by atoms with Crippen LogP contribution >= 0.6 is 0 Å². The molecule has 0 saturated carbocycles. The summed E-state index contributed by atoms with van der Waals surface area (Å²) in [7, 11) is 0. The lowest BCUT2D eigenvalue weighted by atomic mass is 10.1. The van der Waals surface area contributed by atoms with Crippen LogP contribution < -0.4 is 10.6 Å². The molecule has 2 rings (SSSR count). The number of fused-ring (bicyclic) bond motifs is 1. The summed E-state index contributed by atoms with van der Waals surface area (Å²) in [4.78, 5) is 2.37. The first-order chi connectivity index (χ1) is 6.31. The normalized spacial score (nSPS) is 14.8. The van der Waals surface area contributed by atoms with Gasteiger partial charge in [0.05, 0.1) is 0 Å². The van der Waals surface area contributed by atoms with Crippen molar-refractivity contribution in [1.82, 2.24) is 0 Å². The molecule has 0 unspecified atom stereocenters. The lowest BCUT2D eigenvalue weighted by Gasteiger charge is -2.17. The van der Waals surface area contributed by atoms with E-state index in [1.807, 2.05) is 0 Å². The van der Waals surface area contributed by atoms with E-state index in [1.54, 1.807) is 0 Å². The maximum Gasteiger partial charge on any atom is 0.0400 e. The Morgan fingerprint density at radius 2 is 2.31 bits per heavy atom. The third kappa shape index (κ3) is 1.54. The van der Waals surface area contributed by atoms with E-state index >= 15 is 0 Å². The van der Waals surface area contributed by atoms with Gasteiger partial charge < -0.3 is 10.6 Å². The van der Waals surface area contributed by atoms with Crippen molar-refractivity contribution < 1.29 is 0 Å². The van der Waals surface area contributed by atoms with Crippen LogP contribution in [0.5, 0.6) is 0 Å². The standard InChI is InChI=1S/C11H16N2/c1-9-2-3-11-10(8-9)4-6-13(11)7-5-12/h2-3,8H,4-7,12H2,1H3. The average Bonchev–Trinajstić information content (AvgIpc) is 2.49. The third-order valence-corrected chi connectivity index (χ3v) is 2.63. The fourth-order valence-electron chi connectivity index (χ4n) is 1.99. The number of aryl methyl sites for hydroxylation is 1. The maximum absolute atomic E-state index is 5.55. The van der Waals surface area contributed by atoms with Crippen molar-refractivity contribution >= 4 is 5.69 Å². The Labute approximate surface area is 79.4 Å². The van der Waals surface area contributed by atoms with Gasteiger partial charge in [-0.1, -0.05) is 17.7 Å². The minimum atomic E-state index is 0.743. The first-order valence-electron chi connectivity index (χ1n) is 4.86. The third-order valence-electron chi connectivity index (χ3n) is 2.63. The molecule has 1 aliphatic heterocycles. The Hall–Kier alpha value is -1.02. The SMILES string of the molecule is Cc1ccc2c(c1)CCN2CCN. The molecule has 2 N–H and O–H groups in total. The van der Waals surface area contributed by atoms with E-state index in [0.29, 0.717) is 0 Å². The molecule has 1 aromatic rings. The summed E-state index contributed by atoms with van der Waals surface area (Å²) >= 11 is 0. The molecular formula is C11H16N2. The van der Waals surface area contributed by atoms with Gasteiger partial charge in [-0.15, -0.1) is 0 Å². The van der Waals surface area contributed by atoms with Crippen LogP contribution in [0.1, 0.15) is 11.1 Å². The summed E-state index contributed by atoms with van der Waals surface area (Å²) in [5, 5.41) is 0.